The highest BCUT2D eigenvalue weighted by atomic mass is 35.7. The zero-order valence-electron chi connectivity index (χ0n) is 9.78. The van der Waals surface area contributed by atoms with E-state index < -0.39 is 9.05 Å². The molecule has 4 nitrogen and oxygen atoms in total. The van der Waals surface area contributed by atoms with Crippen molar-refractivity contribution in [2.75, 3.05) is 0 Å². The van der Waals surface area contributed by atoms with E-state index in [1.54, 1.807) is 0 Å². The van der Waals surface area contributed by atoms with Gasteiger partial charge < -0.3 is 4.52 Å². The normalized spacial score (nSPS) is 20.2. The van der Waals surface area contributed by atoms with Crippen LogP contribution in [0, 0.1) is 5.92 Å². The van der Waals surface area contributed by atoms with Gasteiger partial charge in [-0.25, -0.2) is 8.42 Å². The molecule has 17 heavy (non-hydrogen) atoms. The van der Waals surface area contributed by atoms with Crippen LogP contribution in [0.25, 0.3) is 0 Å². The number of aryl methyl sites for hydroxylation is 1. The minimum Gasteiger partial charge on any atom is -0.361 e. The molecular weight excluding hydrogens is 262 g/mol. The molecule has 1 aliphatic rings. The Morgan fingerprint density at radius 1 is 1.53 bits per heavy atom. The van der Waals surface area contributed by atoms with Gasteiger partial charge in [0.2, 0.25) is 9.05 Å². The summed E-state index contributed by atoms with van der Waals surface area (Å²) >= 11 is 0. The molecule has 1 aromatic rings. The predicted octanol–water partition coefficient (Wildman–Crippen LogP) is 2.65. The Hall–Kier alpha value is -0.550. The minimum atomic E-state index is -3.56. The van der Waals surface area contributed by atoms with Crippen LogP contribution < -0.4 is 0 Å². The smallest absolute Gasteiger partial charge is 0.238 e. The van der Waals surface area contributed by atoms with Crippen molar-refractivity contribution in [2.24, 2.45) is 5.92 Å². The predicted molar refractivity (Wildman–Crippen MR) is 65.4 cm³/mol. The summed E-state index contributed by atoms with van der Waals surface area (Å²) in [7, 11) is 1.69. The Balaban J connectivity index is 2.19. The molecule has 96 valence electrons. The molecule has 0 aliphatic heterocycles. The number of hydrogen-bond donors (Lipinski definition) is 0. The monoisotopic (exact) mass is 277 g/mol. The van der Waals surface area contributed by atoms with Gasteiger partial charge in [0.25, 0.3) is 0 Å². The fourth-order valence-corrected chi connectivity index (χ4v) is 3.33. The van der Waals surface area contributed by atoms with Gasteiger partial charge in [-0.1, -0.05) is 24.9 Å². The molecule has 0 saturated heterocycles. The third kappa shape index (κ3) is 3.22. The molecular formula is C11H16ClNO3S. The third-order valence-electron chi connectivity index (χ3n) is 3.23. The number of halogens is 1. The lowest BCUT2D eigenvalue weighted by Crippen LogP contribution is -2.14. The van der Waals surface area contributed by atoms with Crippen LogP contribution in [0.3, 0.4) is 0 Å². The maximum Gasteiger partial charge on any atom is 0.238 e. The molecule has 0 amide bonds. The van der Waals surface area contributed by atoms with Crippen LogP contribution in [0.4, 0.5) is 0 Å². The van der Waals surface area contributed by atoms with E-state index in [1.165, 1.54) is 0 Å². The summed E-state index contributed by atoms with van der Waals surface area (Å²) in [6.45, 7) is 2.16. The maximum absolute atomic E-state index is 11.1. The van der Waals surface area contributed by atoms with Crippen LogP contribution in [0.5, 0.6) is 0 Å². The van der Waals surface area contributed by atoms with Crippen molar-refractivity contribution in [2.45, 2.75) is 44.8 Å². The van der Waals surface area contributed by atoms with Crippen LogP contribution in [-0.2, 0) is 27.6 Å². The Labute approximate surface area is 106 Å². The first-order chi connectivity index (χ1) is 7.99. The summed E-state index contributed by atoms with van der Waals surface area (Å²) in [6.07, 6.45) is 5.14. The first-order valence-electron chi connectivity index (χ1n) is 5.88. The SMILES string of the molecule is CCCC1CCc2onc(CS(=O)(=O)Cl)c2C1. The molecule has 2 rings (SSSR count). The molecule has 6 heteroatoms. The Morgan fingerprint density at radius 3 is 2.94 bits per heavy atom. The summed E-state index contributed by atoms with van der Waals surface area (Å²) in [4.78, 5) is 0. The van der Waals surface area contributed by atoms with Gasteiger partial charge in [0, 0.05) is 22.7 Å². The van der Waals surface area contributed by atoms with E-state index in [0.717, 1.165) is 43.4 Å². The lowest BCUT2D eigenvalue weighted by Gasteiger charge is -2.20. The second kappa shape index (κ2) is 4.98. The van der Waals surface area contributed by atoms with Crippen LogP contribution in [0.15, 0.2) is 4.52 Å². The first kappa shape index (κ1) is 12.9. The molecule has 1 unspecified atom stereocenters. The topological polar surface area (TPSA) is 60.2 Å². The van der Waals surface area contributed by atoms with Crippen LogP contribution >= 0.6 is 10.7 Å². The molecule has 0 radical (unpaired) electrons. The van der Waals surface area contributed by atoms with E-state index in [-0.39, 0.29) is 5.75 Å². The van der Waals surface area contributed by atoms with Crippen molar-refractivity contribution in [1.29, 1.82) is 0 Å². The Bertz CT molecular complexity index is 495. The zero-order valence-corrected chi connectivity index (χ0v) is 11.4. The van der Waals surface area contributed by atoms with Gasteiger partial charge in [-0.15, -0.1) is 0 Å². The number of nitrogens with zero attached hydrogens (tertiary/aromatic N) is 1. The second-order valence-electron chi connectivity index (χ2n) is 4.61. The average Bonchev–Trinajstić information content (AvgIpc) is 2.60. The summed E-state index contributed by atoms with van der Waals surface area (Å²) < 4.78 is 27.3. The highest BCUT2D eigenvalue weighted by Crippen LogP contribution is 2.31. The van der Waals surface area contributed by atoms with Crippen molar-refractivity contribution < 1.29 is 12.9 Å². The highest BCUT2D eigenvalue weighted by molar-refractivity contribution is 8.13. The molecule has 1 atom stereocenters. The Morgan fingerprint density at radius 2 is 2.29 bits per heavy atom. The van der Waals surface area contributed by atoms with Crippen molar-refractivity contribution >= 4 is 19.7 Å². The van der Waals surface area contributed by atoms with Crippen molar-refractivity contribution in [3.63, 3.8) is 0 Å². The summed E-state index contributed by atoms with van der Waals surface area (Å²) in [5.74, 6) is 1.23. The van der Waals surface area contributed by atoms with Crippen molar-refractivity contribution in [3.8, 4) is 0 Å². The lowest BCUT2D eigenvalue weighted by atomic mass is 9.84. The lowest BCUT2D eigenvalue weighted by molar-refractivity contribution is 0.339. The van der Waals surface area contributed by atoms with Gasteiger partial charge in [0.1, 0.15) is 17.2 Å². The van der Waals surface area contributed by atoms with Gasteiger partial charge >= 0.3 is 0 Å². The number of fused-ring (bicyclic) bond motifs is 1. The molecule has 0 fully saturated rings. The van der Waals surface area contributed by atoms with E-state index in [1.807, 2.05) is 0 Å². The fraction of sp³-hybridized carbons (Fsp3) is 0.727. The van der Waals surface area contributed by atoms with Gasteiger partial charge in [0.05, 0.1) is 0 Å². The van der Waals surface area contributed by atoms with Crippen LogP contribution in [-0.4, -0.2) is 13.6 Å². The van der Waals surface area contributed by atoms with E-state index in [0.29, 0.717) is 11.6 Å². The van der Waals surface area contributed by atoms with Gasteiger partial charge in [0.15, 0.2) is 0 Å². The molecule has 1 heterocycles. The number of rotatable bonds is 4. The van der Waals surface area contributed by atoms with E-state index in [4.69, 9.17) is 15.2 Å². The van der Waals surface area contributed by atoms with Gasteiger partial charge in [-0.2, -0.15) is 0 Å². The molecule has 0 spiro atoms. The minimum absolute atomic E-state index is 0.230. The standard InChI is InChI=1S/C11H16ClNO3S/c1-2-3-8-4-5-11-9(6-8)10(13-16-11)7-17(12,14)15/h8H,2-7H2,1H3. The summed E-state index contributed by atoms with van der Waals surface area (Å²) in [6, 6.07) is 0. The molecule has 1 aromatic heterocycles. The second-order valence-corrected chi connectivity index (χ2v) is 7.39. The summed E-state index contributed by atoms with van der Waals surface area (Å²) in [5, 5.41) is 3.84. The van der Waals surface area contributed by atoms with Crippen LogP contribution in [0.2, 0.25) is 0 Å². The largest absolute Gasteiger partial charge is 0.361 e. The molecule has 0 N–H and O–H groups in total. The quantitative estimate of drug-likeness (QED) is 0.794. The van der Waals surface area contributed by atoms with Gasteiger partial charge in [-0.3, -0.25) is 0 Å². The molecule has 1 aliphatic carbocycles. The summed E-state index contributed by atoms with van der Waals surface area (Å²) in [5.41, 5.74) is 1.47. The first-order valence-corrected chi connectivity index (χ1v) is 8.36. The number of aromatic nitrogens is 1. The fourth-order valence-electron chi connectivity index (χ4n) is 2.47. The molecule has 0 saturated carbocycles. The van der Waals surface area contributed by atoms with E-state index in [2.05, 4.69) is 12.1 Å². The Kier molecular flexibility index (Phi) is 3.78. The third-order valence-corrected chi connectivity index (χ3v) is 4.18. The number of hydrogen-bond acceptors (Lipinski definition) is 4. The average molecular weight is 278 g/mol. The van der Waals surface area contributed by atoms with E-state index >= 15 is 0 Å². The maximum atomic E-state index is 11.1. The van der Waals surface area contributed by atoms with E-state index in [9.17, 15) is 8.42 Å². The molecule has 0 bridgehead atoms. The van der Waals surface area contributed by atoms with Crippen molar-refractivity contribution in [3.05, 3.63) is 17.0 Å². The zero-order chi connectivity index (χ0) is 12.5. The van der Waals surface area contributed by atoms with Crippen molar-refractivity contribution in [1.82, 2.24) is 5.16 Å². The molecule has 0 aromatic carbocycles. The van der Waals surface area contributed by atoms with Gasteiger partial charge in [-0.05, 0) is 18.8 Å². The highest BCUT2D eigenvalue weighted by Gasteiger charge is 2.26. The van der Waals surface area contributed by atoms with Crippen LogP contribution in [0.1, 0.15) is 43.2 Å².